The Morgan fingerprint density at radius 3 is 2.69 bits per heavy atom. The summed E-state index contributed by atoms with van der Waals surface area (Å²) in [5.74, 6) is 1.37. The number of thiocarbonyl (C=S) groups is 1. The number of nitrogens with zero attached hydrogens (tertiary/aromatic N) is 2. The van der Waals surface area contributed by atoms with E-state index in [2.05, 4.69) is 10.3 Å². The third-order valence-corrected chi connectivity index (χ3v) is 6.39. The van der Waals surface area contributed by atoms with Crippen molar-refractivity contribution in [3.05, 3.63) is 96.0 Å². The van der Waals surface area contributed by atoms with Gasteiger partial charge in [0.15, 0.2) is 16.6 Å². The molecule has 0 aliphatic carbocycles. The maximum Gasteiger partial charge on any atom is 0.336 e. The standard InChI is InChI=1S/C26H19N3O5S/c30-25(31)17-6-2-1-5-16(17)19-10-11-21(34-19)24-23(18-7-3-4-12-27-18)28-26(35)29(24)15-8-9-20-22(13-15)33-14-32-20/h1-13,23-24H,14H2,(H,28,35)(H,30,31)/t23-,24+/m1/s1. The fraction of sp³-hybridized carbons (Fsp3) is 0.115. The molecule has 0 spiro atoms. The Balaban J connectivity index is 1.46. The molecular weight excluding hydrogens is 466 g/mol. The van der Waals surface area contributed by atoms with E-state index in [1.807, 2.05) is 47.4 Å². The number of nitrogens with one attached hydrogen (secondary N) is 1. The van der Waals surface area contributed by atoms with Gasteiger partial charge in [-0.1, -0.05) is 24.3 Å². The Kier molecular flexibility index (Phi) is 5.11. The van der Waals surface area contributed by atoms with Crippen LogP contribution in [-0.2, 0) is 0 Å². The Morgan fingerprint density at radius 1 is 1.03 bits per heavy atom. The number of carboxylic acids is 1. The molecule has 8 nitrogen and oxygen atoms in total. The van der Waals surface area contributed by atoms with Gasteiger partial charge in [0.25, 0.3) is 0 Å². The molecule has 4 heterocycles. The highest BCUT2D eigenvalue weighted by Gasteiger charge is 2.43. The summed E-state index contributed by atoms with van der Waals surface area (Å²) < 4.78 is 17.3. The second-order valence-electron chi connectivity index (χ2n) is 8.09. The molecule has 2 aromatic carbocycles. The molecule has 2 atom stereocenters. The normalized spacial score (nSPS) is 18.5. The van der Waals surface area contributed by atoms with Gasteiger partial charge >= 0.3 is 5.97 Å². The number of ether oxygens (including phenoxy) is 2. The molecule has 1 saturated heterocycles. The lowest BCUT2D eigenvalue weighted by molar-refractivity contribution is 0.0697. The van der Waals surface area contributed by atoms with Crippen LogP contribution in [0, 0.1) is 0 Å². The van der Waals surface area contributed by atoms with Gasteiger partial charge in [-0.3, -0.25) is 4.98 Å². The molecule has 0 bridgehead atoms. The van der Waals surface area contributed by atoms with Gasteiger partial charge in [-0.25, -0.2) is 4.79 Å². The van der Waals surface area contributed by atoms with E-state index in [0.717, 1.165) is 11.4 Å². The molecular formula is C26H19N3O5S. The van der Waals surface area contributed by atoms with Crippen molar-refractivity contribution >= 4 is 29.0 Å². The molecule has 35 heavy (non-hydrogen) atoms. The monoisotopic (exact) mass is 485 g/mol. The number of aromatic nitrogens is 1. The second kappa shape index (κ2) is 8.44. The van der Waals surface area contributed by atoms with Crippen molar-refractivity contribution in [2.24, 2.45) is 0 Å². The number of benzene rings is 2. The summed E-state index contributed by atoms with van der Waals surface area (Å²) in [4.78, 5) is 18.3. The number of rotatable bonds is 5. The fourth-order valence-corrected chi connectivity index (χ4v) is 4.84. The number of fused-ring (bicyclic) bond motifs is 1. The van der Waals surface area contributed by atoms with E-state index in [1.54, 1.807) is 36.5 Å². The van der Waals surface area contributed by atoms with Gasteiger partial charge in [-0.15, -0.1) is 0 Å². The first-order chi connectivity index (χ1) is 17.1. The molecule has 0 unspecified atom stereocenters. The van der Waals surface area contributed by atoms with Gasteiger partial charge in [-0.2, -0.15) is 0 Å². The molecule has 4 aromatic rings. The highest BCUT2D eigenvalue weighted by atomic mass is 32.1. The minimum absolute atomic E-state index is 0.169. The fourth-order valence-electron chi connectivity index (χ4n) is 4.50. The van der Waals surface area contributed by atoms with Crippen LogP contribution < -0.4 is 19.7 Å². The smallest absolute Gasteiger partial charge is 0.336 e. The first-order valence-electron chi connectivity index (χ1n) is 10.9. The topological polar surface area (TPSA) is 97.1 Å². The van der Waals surface area contributed by atoms with E-state index in [1.165, 1.54) is 0 Å². The lowest BCUT2D eigenvalue weighted by Gasteiger charge is -2.26. The van der Waals surface area contributed by atoms with Gasteiger partial charge < -0.3 is 29.2 Å². The van der Waals surface area contributed by atoms with Crippen molar-refractivity contribution in [3.63, 3.8) is 0 Å². The summed E-state index contributed by atoms with van der Waals surface area (Å²) in [5.41, 5.74) is 2.28. The van der Waals surface area contributed by atoms with Crippen molar-refractivity contribution < 1.29 is 23.8 Å². The zero-order chi connectivity index (χ0) is 23.9. The third-order valence-electron chi connectivity index (χ3n) is 6.07. The predicted molar refractivity (Wildman–Crippen MR) is 132 cm³/mol. The quantitative estimate of drug-likeness (QED) is 0.381. The van der Waals surface area contributed by atoms with E-state index in [4.69, 9.17) is 26.1 Å². The zero-order valence-electron chi connectivity index (χ0n) is 18.3. The van der Waals surface area contributed by atoms with Gasteiger partial charge in [0.05, 0.1) is 17.3 Å². The van der Waals surface area contributed by atoms with Crippen LogP contribution in [-0.4, -0.2) is 28.0 Å². The second-order valence-corrected chi connectivity index (χ2v) is 8.47. The van der Waals surface area contributed by atoms with Crippen LogP contribution in [0.25, 0.3) is 11.3 Å². The Morgan fingerprint density at radius 2 is 1.86 bits per heavy atom. The van der Waals surface area contributed by atoms with E-state index in [0.29, 0.717) is 33.7 Å². The minimum atomic E-state index is -1.02. The van der Waals surface area contributed by atoms with Crippen molar-refractivity contribution in [2.45, 2.75) is 12.1 Å². The number of carboxylic acid groups (broad SMARTS) is 1. The maximum absolute atomic E-state index is 11.8. The van der Waals surface area contributed by atoms with Gasteiger partial charge in [0.2, 0.25) is 6.79 Å². The predicted octanol–water partition coefficient (Wildman–Crippen LogP) is 4.95. The molecule has 2 aliphatic heterocycles. The number of anilines is 1. The summed E-state index contributed by atoms with van der Waals surface area (Å²) in [6.45, 7) is 0.173. The van der Waals surface area contributed by atoms with Crippen molar-refractivity contribution in [2.75, 3.05) is 11.7 Å². The molecule has 0 radical (unpaired) electrons. The van der Waals surface area contributed by atoms with Crippen LogP contribution in [0.3, 0.4) is 0 Å². The van der Waals surface area contributed by atoms with Crippen LogP contribution in [0.2, 0.25) is 0 Å². The maximum atomic E-state index is 11.8. The number of carbonyl (C=O) groups is 1. The number of furan rings is 1. The first kappa shape index (κ1) is 21.2. The van der Waals surface area contributed by atoms with Crippen molar-refractivity contribution in [1.29, 1.82) is 0 Å². The number of hydrogen-bond acceptors (Lipinski definition) is 6. The molecule has 2 aromatic heterocycles. The molecule has 2 aliphatic rings. The average Bonchev–Trinajstić information content (AvgIpc) is 3.62. The van der Waals surface area contributed by atoms with Crippen LogP contribution >= 0.6 is 12.2 Å². The van der Waals surface area contributed by atoms with Gasteiger partial charge in [0, 0.05) is 23.5 Å². The van der Waals surface area contributed by atoms with Crippen LogP contribution in [0.4, 0.5) is 5.69 Å². The Labute approximate surface area is 205 Å². The SMILES string of the molecule is O=C(O)c1ccccc1-c1ccc([C@H]2[C@@H](c3ccccn3)NC(=S)N2c2ccc3c(c2)OCO3)o1. The van der Waals surface area contributed by atoms with Gasteiger partial charge in [0.1, 0.15) is 17.6 Å². The summed E-state index contributed by atoms with van der Waals surface area (Å²) in [7, 11) is 0. The van der Waals surface area contributed by atoms with Crippen LogP contribution in [0.5, 0.6) is 11.5 Å². The molecule has 0 amide bonds. The van der Waals surface area contributed by atoms with E-state index in [9.17, 15) is 9.90 Å². The number of pyridine rings is 1. The van der Waals surface area contributed by atoms with E-state index < -0.39 is 5.97 Å². The lowest BCUT2D eigenvalue weighted by atomic mass is 10.0. The zero-order valence-corrected chi connectivity index (χ0v) is 19.1. The third kappa shape index (κ3) is 3.66. The lowest BCUT2D eigenvalue weighted by Crippen LogP contribution is -2.29. The number of hydrogen-bond donors (Lipinski definition) is 2. The van der Waals surface area contributed by atoms with Crippen LogP contribution in [0.15, 0.2) is 83.4 Å². The molecule has 0 saturated carbocycles. The molecule has 6 rings (SSSR count). The molecule has 1 fully saturated rings. The van der Waals surface area contributed by atoms with Crippen LogP contribution in [0.1, 0.15) is 33.9 Å². The highest BCUT2D eigenvalue weighted by Crippen LogP contribution is 2.45. The molecule has 2 N–H and O–H groups in total. The van der Waals surface area contributed by atoms with E-state index in [-0.39, 0.29) is 24.4 Å². The van der Waals surface area contributed by atoms with Crippen molar-refractivity contribution in [1.82, 2.24) is 10.3 Å². The number of aromatic carboxylic acids is 1. The Hall–Kier alpha value is -4.37. The largest absolute Gasteiger partial charge is 0.478 e. The minimum Gasteiger partial charge on any atom is -0.478 e. The Bertz CT molecular complexity index is 1440. The summed E-state index contributed by atoms with van der Waals surface area (Å²) in [5, 5.41) is 13.5. The highest BCUT2D eigenvalue weighted by molar-refractivity contribution is 7.80. The summed E-state index contributed by atoms with van der Waals surface area (Å²) in [6.07, 6.45) is 1.73. The summed E-state index contributed by atoms with van der Waals surface area (Å²) in [6, 6.07) is 21.1. The summed E-state index contributed by atoms with van der Waals surface area (Å²) >= 11 is 5.76. The first-order valence-corrected chi connectivity index (χ1v) is 11.3. The average molecular weight is 486 g/mol. The van der Waals surface area contributed by atoms with E-state index >= 15 is 0 Å². The van der Waals surface area contributed by atoms with Gasteiger partial charge in [-0.05, 0) is 54.7 Å². The van der Waals surface area contributed by atoms with Crippen molar-refractivity contribution in [3.8, 4) is 22.8 Å². The molecule has 9 heteroatoms. The molecule has 174 valence electrons.